The van der Waals surface area contributed by atoms with E-state index in [1.165, 1.54) is 24.5 Å². The van der Waals surface area contributed by atoms with E-state index in [-0.39, 0.29) is 33.8 Å². The highest BCUT2D eigenvalue weighted by atomic mass is 35.5. The minimum atomic E-state index is -0.688. The Morgan fingerprint density at radius 1 is 1.18 bits per heavy atom. The lowest BCUT2D eigenvalue weighted by Crippen LogP contribution is -2.44. The number of thiophene rings is 1. The molecule has 1 fully saturated rings. The largest absolute Gasteiger partial charge is 0.486 e. The van der Waals surface area contributed by atoms with Crippen LogP contribution < -0.4 is 9.47 Å². The summed E-state index contributed by atoms with van der Waals surface area (Å²) in [6.45, 7) is 8.05. The minimum absolute atomic E-state index is 0.0778. The zero-order valence-electron chi connectivity index (χ0n) is 28.2. The third-order valence-corrected chi connectivity index (χ3v) is 9.91. The number of halogens is 2. The summed E-state index contributed by atoms with van der Waals surface area (Å²) >= 11 is 7.98. The van der Waals surface area contributed by atoms with E-state index in [9.17, 15) is 9.59 Å². The molecule has 1 saturated heterocycles. The number of imidazole rings is 1. The van der Waals surface area contributed by atoms with E-state index in [4.69, 9.17) is 30.5 Å². The molecule has 49 heavy (non-hydrogen) atoms. The molecule has 0 spiro atoms. The number of esters is 1. The van der Waals surface area contributed by atoms with Crippen LogP contribution in [0.1, 0.15) is 84.7 Å². The van der Waals surface area contributed by atoms with Crippen LogP contribution in [0.3, 0.4) is 0 Å². The van der Waals surface area contributed by atoms with Crippen LogP contribution in [0.4, 0.5) is 9.18 Å². The Balaban J connectivity index is 1.18. The van der Waals surface area contributed by atoms with Crippen LogP contribution in [0.2, 0.25) is 5.02 Å². The summed E-state index contributed by atoms with van der Waals surface area (Å²) in [4.78, 5) is 31.9. The number of benzene rings is 1. The van der Waals surface area contributed by atoms with Crippen LogP contribution in [-0.2, 0) is 22.9 Å². The van der Waals surface area contributed by atoms with Gasteiger partial charge in [0.2, 0.25) is 0 Å². The maximum atomic E-state index is 15.1. The number of nitrogens with zero attached hydrogens (tertiary/aromatic N) is 5. The van der Waals surface area contributed by atoms with Crippen molar-refractivity contribution in [2.75, 3.05) is 20.2 Å². The average Bonchev–Trinajstić information content (AvgIpc) is 3.80. The molecule has 0 saturated carbocycles. The van der Waals surface area contributed by atoms with E-state index in [2.05, 4.69) is 16.2 Å². The van der Waals surface area contributed by atoms with Crippen molar-refractivity contribution in [3.63, 3.8) is 0 Å². The van der Waals surface area contributed by atoms with Gasteiger partial charge in [-0.15, -0.1) is 11.3 Å². The lowest BCUT2D eigenvalue weighted by atomic mass is 9.91. The van der Waals surface area contributed by atoms with Crippen LogP contribution in [0.15, 0.2) is 43.0 Å². The van der Waals surface area contributed by atoms with E-state index in [1.807, 2.05) is 50.9 Å². The van der Waals surface area contributed by atoms with Crippen molar-refractivity contribution in [2.45, 2.75) is 70.7 Å². The van der Waals surface area contributed by atoms with Gasteiger partial charge in [-0.05, 0) is 45.4 Å². The molecule has 1 aliphatic carbocycles. The van der Waals surface area contributed by atoms with Crippen LogP contribution in [0.25, 0.3) is 11.1 Å². The number of hydrogen-bond donors (Lipinski definition) is 0. The monoisotopic (exact) mass is 711 g/mol. The first-order valence-corrected chi connectivity index (χ1v) is 17.2. The summed E-state index contributed by atoms with van der Waals surface area (Å²) in [5, 5.41) is 5.09. The number of carbonyl (C=O) groups excluding carboxylic acids is 2. The first-order chi connectivity index (χ1) is 23.3. The third kappa shape index (κ3) is 7.47. The zero-order chi connectivity index (χ0) is 35.0. The molecule has 14 heteroatoms. The molecule has 3 aromatic heterocycles. The second-order valence-electron chi connectivity index (χ2n) is 13.2. The van der Waals surface area contributed by atoms with Crippen LogP contribution in [-0.4, -0.2) is 68.2 Å². The second kappa shape index (κ2) is 13.9. The van der Waals surface area contributed by atoms with Gasteiger partial charge in [0.1, 0.15) is 34.9 Å². The van der Waals surface area contributed by atoms with Gasteiger partial charge in [0.15, 0.2) is 16.4 Å². The Hall–Kier alpha value is -4.36. The van der Waals surface area contributed by atoms with Crippen LogP contribution in [0.5, 0.6) is 11.5 Å². The van der Waals surface area contributed by atoms with Gasteiger partial charge in [-0.1, -0.05) is 23.7 Å². The number of fused-ring (bicyclic) bond motifs is 1. The third-order valence-electron chi connectivity index (χ3n) is 8.43. The first-order valence-electron chi connectivity index (χ1n) is 16.1. The van der Waals surface area contributed by atoms with Crippen molar-refractivity contribution in [3.8, 4) is 16.5 Å². The average molecular weight is 712 g/mol. The van der Waals surface area contributed by atoms with Crippen molar-refractivity contribution in [3.05, 3.63) is 81.2 Å². The Kier molecular flexibility index (Phi) is 9.76. The molecule has 2 unspecified atom stereocenters. The minimum Gasteiger partial charge on any atom is -0.486 e. The summed E-state index contributed by atoms with van der Waals surface area (Å²) < 4.78 is 41.7. The van der Waals surface area contributed by atoms with Gasteiger partial charge in [0.25, 0.3) is 0 Å². The van der Waals surface area contributed by atoms with Crippen molar-refractivity contribution >= 4 is 41.1 Å². The highest BCUT2D eigenvalue weighted by molar-refractivity contribution is 7.16. The number of piperidine rings is 1. The topological polar surface area (TPSA) is 110 Å². The molecular formula is C35H39ClFN5O6S. The lowest BCUT2D eigenvalue weighted by Gasteiger charge is -2.33. The van der Waals surface area contributed by atoms with E-state index in [0.717, 1.165) is 23.4 Å². The number of carbonyl (C=O) groups is 2. The molecule has 0 radical (unpaired) electrons. The van der Waals surface area contributed by atoms with Crippen molar-refractivity contribution in [1.29, 1.82) is 0 Å². The molecule has 1 aliphatic heterocycles. The van der Waals surface area contributed by atoms with E-state index < -0.39 is 23.5 Å². The number of methoxy groups -OCH3 is 1. The number of likely N-dealkylation sites (tertiary alicyclic amines) is 1. The standard InChI is InChI=1S/C35H39ClFN5O6S/c1-20(24-8-9-25(37)31(30(24)36)47-23-11-13-41(14-12-23)34(44)48-35(2,3)4)46-28-16-29(49-32(28)33(43)45-6)42-19-38-26-15-21(7-10-27(26)42)22-17-39-40(5)18-22/h7-10,16-21,23H,11-15H2,1-6H3. The van der Waals surface area contributed by atoms with E-state index in [1.54, 1.807) is 35.0 Å². The quantitative estimate of drug-likeness (QED) is 0.173. The number of aromatic nitrogens is 4. The summed E-state index contributed by atoms with van der Waals surface area (Å²) in [5.41, 5.74) is 2.85. The van der Waals surface area contributed by atoms with Crippen LogP contribution in [0, 0.1) is 5.82 Å². The Bertz CT molecular complexity index is 1890. The predicted octanol–water partition coefficient (Wildman–Crippen LogP) is 7.52. The zero-order valence-corrected chi connectivity index (χ0v) is 29.8. The maximum absolute atomic E-state index is 15.1. The van der Waals surface area contributed by atoms with Crippen molar-refractivity contribution < 1.29 is 32.9 Å². The van der Waals surface area contributed by atoms with Gasteiger partial charge in [-0.3, -0.25) is 9.25 Å². The van der Waals surface area contributed by atoms with Gasteiger partial charge in [0, 0.05) is 63.1 Å². The van der Waals surface area contributed by atoms with E-state index in [0.29, 0.717) is 42.2 Å². The fourth-order valence-corrected chi connectivity index (χ4v) is 7.27. The number of allylic oxidation sites excluding steroid dienone is 1. The first kappa shape index (κ1) is 34.5. The highest BCUT2D eigenvalue weighted by Gasteiger charge is 2.30. The molecule has 1 amide bonds. The molecule has 260 valence electrons. The smallest absolute Gasteiger partial charge is 0.410 e. The molecular weight excluding hydrogens is 673 g/mol. The number of amides is 1. The van der Waals surface area contributed by atoms with Crippen LogP contribution >= 0.6 is 22.9 Å². The van der Waals surface area contributed by atoms with Crippen molar-refractivity contribution in [2.24, 2.45) is 7.05 Å². The van der Waals surface area contributed by atoms with Gasteiger partial charge < -0.3 is 23.8 Å². The Morgan fingerprint density at radius 3 is 2.61 bits per heavy atom. The molecule has 1 aromatic carbocycles. The Morgan fingerprint density at radius 2 is 1.94 bits per heavy atom. The van der Waals surface area contributed by atoms with Gasteiger partial charge in [-0.2, -0.15) is 5.10 Å². The normalized spacial score (nSPS) is 17.1. The number of aryl methyl sites for hydroxylation is 1. The number of ether oxygens (including phenoxy) is 4. The van der Waals surface area contributed by atoms with Gasteiger partial charge in [-0.25, -0.2) is 19.0 Å². The summed E-state index contributed by atoms with van der Waals surface area (Å²) in [7, 11) is 3.21. The number of rotatable bonds is 8. The fraction of sp³-hybridized carbons (Fsp3) is 0.429. The predicted molar refractivity (Wildman–Crippen MR) is 183 cm³/mol. The molecule has 0 bridgehead atoms. The van der Waals surface area contributed by atoms with E-state index >= 15 is 4.39 Å². The molecule has 11 nitrogen and oxygen atoms in total. The van der Waals surface area contributed by atoms with Crippen molar-refractivity contribution in [1.82, 2.24) is 24.2 Å². The maximum Gasteiger partial charge on any atom is 0.410 e. The molecule has 2 aliphatic rings. The number of hydrogen-bond acceptors (Lipinski definition) is 9. The summed E-state index contributed by atoms with van der Waals surface area (Å²) in [6.07, 6.45) is 10.0. The van der Waals surface area contributed by atoms with Gasteiger partial charge in [0.05, 0.1) is 29.7 Å². The molecule has 4 heterocycles. The fourth-order valence-electron chi connectivity index (χ4n) is 5.92. The lowest BCUT2D eigenvalue weighted by molar-refractivity contribution is 0.0123. The molecule has 0 N–H and O–H groups in total. The SMILES string of the molecule is COC(=O)c1sc(-n2cnc3c2C=CC(c2cnn(C)c2)C3)cc1OC(C)c1ccc(F)c(OC2CCN(C(=O)OC(C)(C)C)CC2)c1Cl. The molecule has 2 atom stereocenters. The highest BCUT2D eigenvalue weighted by Crippen LogP contribution is 2.41. The summed E-state index contributed by atoms with van der Waals surface area (Å²) in [5.74, 6) is -0.769. The molecule has 6 rings (SSSR count). The van der Waals surface area contributed by atoms with Gasteiger partial charge >= 0.3 is 12.1 Å². The summed E-state index contributed by atoms with van der Waals surface area (Å²) in [6, 6.07) is 4.60. The Labute approximate surface area is 293 Å². The second-order valence-corrected chi connectivity index (χ2v) is 14.6. The molecule has 4 aromatic rings.